The van der Waals surface area contributed by atoms with Crippen LogP contribution in [0.1, 0.15) is 37.8 Å². The fraction of sp³-hybridized carbons (Fsp3) is 0.571. The van der Waals surface area contributed by atoms with E-state index in [1.807, 2.05) is 24.3 Å². The number of nitrogens with one attached hydrogen (secondary N) is 2. The van der Waals surface area contributed by atoms with Crippen molar-refractivity contribution in [2.75, 3.05) is 52.7 Å². The monoisotopic (exact) mass is 1050 g/mol. The van der Waals surface area contributed by atoms with Crippen molar-refractivity contribution in [3.05, 3.63) is 69.2 Å². The van der Waals surface area contributed by atoms with Crippen LogP contribution in [0.5, 0.6) is 0 Å². The number of nitrogens with zero attached hydrogens (tertiary/aromatic N) is 2. The van der Waals surface area contributed by atoms with E-state index in [9.17, 15) is 29.4 Å². The number of carboxylic acids is 2. The molecule has 2 amide bonds. The number of ether oxygens (including phenoxy) is 8. The molecule has 26 heteroatoms. The standard InChI is InChI=1S/C21H31BrN4O8.C21H31ClN4O8/c2*1-2-32-20-17(26-15(27)7-8-25-21(23)24)19(33-11-16(28)29)18(30)14(34-20)10-31-9-12-3-5-13(22)6-4-12/h2*3-6,14,17-20,30H,2,7-11H2,1H3,(H,26,27)(H,28,29)(H4,23,24,25)/t2*14-,17-,18-,19-,20+/m11/s1. The van der Waals surface area contributed by atoms with Crippen molar-refractivity contribution in [1.82, 2.24) is 10.6 Å². The molecule has 2 heterocycles. The van der Waals surface area contributed by atoms with Crippen molar-refractivity contribution in [3.8, 4) is 0 Å². The number of benzene rings is 2. The molecule has 0 radical (unpaired) electrons. The predicted molar refractivity (Wildman–Crippen MR) is 247 cm³/mol. The molecule has 4 rings (SSSR count). The van der Waals surface area contributed by atoms with Gasteiger partial charge in [0.25, 0.3) is 0 Å². The van der Waals surface area contributed by atoms with Gasteiger partial charge in [-0.05, 0) is 49.2 Å². The average molecular weight is 1050 g/mol. The number of carbonyl (C=O) groups excluding carboxylic acids is 2. The Morgan fingerprint density at radius 1 is 0.662 bits per heavy atom. The van der Waals surface area contributed by atoms with Crippen LogP contribution < -0.4 is 33.6 Å². The third kappa shape index (κ3) is 20.8. The molecule has 68 heavy (non-hydrogen) atoms. The van der Waals surface area contributed by atoms with Crippen molar-refractivity contribution in [1.29, 1.82) is 0 Å². The molecule has 0 aliphatic carbocycles. The highest BCUT2D eigenvalue weighted by atomic mass is 79.9. The fourth-order valence-electron chi connectivity index (χ4n) is 6.60. The van der Waals surface area contributed by atoms with Gasteiger partial charge < -0.3 is 91.9 Å². The molecule has 2 fully saturated rings. The Morgan fingerprint density at radius 3 is 1.40 bits per heavy atom. The lowest BCUT2D eigenvalue weighted by molar-refractivity contribution is -0.278. The predicted octanol–water partition coefficient (Wildman–Crippen LogP) is -0.697. The van der Waals surface area contributed by atoms with E-state index < -0.39 is 98.3 Å². The average Bonchev–Trinajstić information content (AvgIpc) is 3.27. The summed E-state index contributed by atoms with van der Waals surface area (Å²) < 4.78 is 46.2. The highest BCUT2D eigenvalue weighted by Crippen LogP contribution is 2.27. The molecule has 0 bridgehead atoms. The van der Waals surface area contributed by atoms with Crippen molar-refractivity contribution in [2.45, 2.75) is 101 Å². The molecule has 380 valence electrons. The first-order valence-electron chi connectivity index (χ1n) is 21.3. The lowest BCUT2D eigenvalue weighted by atomic mass is 9.96. The number of aliphatic imine (C=N–C) groups is 2. The lowest BCUT2D eigenvalue weighted by Crippen LogP contribution is -2.65. The van der Waals surface area contributed by atoms with Gasteiger partial charge in [-0.2, -0.15) is 0 Å². The van der Waals surface area contributed by atoms with E-state index in [0.717, 1.165) is 15.6 Å². The molecule has 0 aromatic heterocycles. The minimum absolute atomic E-state index is 0.0150. The van der Waals surface area contributed by atoms with Crippen LogP contribution in [0, 0.1) is 0 Å². The maximum Gasteiger partial charge on any atom is 0.329 e. The van der Waals surface area contributed by atoms with Crippen LogP contribution in [0.25, 0.3) is 0 Å². The first-order valence-corrected chi connectivity index (χ1v) is 22.5. The van der Waals surface area contributed by atoms with Crippen molar-refractivity contribution >= 4 is 63.2 Å². The second-order valence-corrected chi connectivity index (χ2v) is 16.3. The molecule has 2 aliphatic rings. The van der Waals surface area contributed by atoms with Gasteiger partial charge in [0.2, 0.25) is 11.8 Å². The summed E-state index contributed by atoms with van der Waals surface area (Å²) in [5, 5.41) is 45.9. The van der Waals surface area contributed by atoms with E-state index in [2.05, 4.69) is 36.5 Å². The van der Waals surface area contributed by atoms with Crippen LogP contribution in [0.15, 0.2) is 63.0 Å². The number of rotatable bonds is 26. The number of aliphatic carboxylic acids is 2. The summed E-state index contributed by atoms with van der Waals surface area (Å²) in [6.07, 6.45) is -8.82. The third-order valence-corrected chi connectivity index (χ3v) is 10.4. The van der Waals surface area contributed by atoms with Gasteiger partial charge in [0.15, 0.2) is 24.5 Å². The van der Waals surface area contributed by atoms with Crippen LogP contribution in [0.4, 0.5) is 0 Å². The SMILES string of the molecule is CCO[C@H]1O[C@H](COCc2ccc(Br)cc2)[C@@H](O)[C@H](OCC(=O)O)[C@H]1NC(=O)CCN=C(N)N.CCO[C@H]1O[C@H](COCc2ccc(Cl)cc2)[C@@H](O)[C@H](OCC(=O)O)[C@H]1NC(=O)CCN=C(N)N. The summed E-state index contributed by atoms with van der Waals surface area (Å²) in [5.41, 5.74) is 22.8. The quantitative estimate of drug-likeness (QED) is 0.0411. The molecular formula is C42H62BrClN8O16. The molecule has 2 saturated heterocycles. The molecule has 14 N–H and O–H groups in total. The largest absolute Gasteiger partial charge is 0.480 e. The highest BCUT2D eigenvalue weighted by molar-refractivity contribution is 9.10. The van der Waals surface area contributed by atoms with Gasteiger partial charge in [-0.3, -0.25) is 19.6 Å². The molecule has 2 aliphatic heterocycles. The minimum atomic E-state index is -1.32. The normalized spacial score (nSPS) is 24.4. The van der Waals surface area contributed by atoms with E-state index >= 15 is 0 Å². The number of carbonyl (C=O) groups is 4. The van der Waals surface area contributed by atoms with Crippen molar-refractivity contribution in [3.63, 3.8) is 0 Å². The zero-order valence-electron chi connectivity index (χ0n) is 37.5. The molecule has 0 unspecified atom stereocenters. The maximum absolute atomic E-state index is 12.4. The number of carboxylic acid groups (broad SMARTS) is 2. The molecule has 0 saturated carbocycles. The van der Waals surface area contributed by atoms with Crippen LogP contribution in [0.2, 0.25) is 5.02 Å². The summed E-state index contributed by atoms with van der Waals surface area (Å²) in [6.45, 7) is 3.09. The van der Waals surface area contributed by atoms with Crippen LogP contribution in [-0.4, -0.2) is 170 Å². The minimum Gasteiger partial charge on any atom is -0.480 e. The van der Waals surface area contributed by atoms with Gasteiger partial charge in [0.1, 0.15) is 61.9 Å². The third-order valence-electron chi connectivity index (χ3n) is 9.66. The van der Waals surface area contributed by atoms with Gasteiger partial charge in [0, 0.05) is 35.6 Å². The molecule has 2 aromatic rings. The number of guanidine groups is 2. The maximum atomic E-state index is 12.4. The van der Waals surface area contributed by atoms with Gasteiger partial charge in [-0.25, -0.2) is 9.59 Å². The number of nitrogens with two attached hydrogens (primary N) is 4. The van der Waals surface area contributed by atoms with Gasteiger partial charge >= 0.3 is 11.9 Å². The molecule has 2 aromatic carbocycles. The van der Waals surface area contributed by atoms with Crippen LogP contribution >= 0.6 is 27.5 Å². The molecule has 0 spiro atoms. The topological polar surface area (TPSA) is 376 Å². The summed E-state index contributed by atoms with van der Waals surface area (Å²) in [4.78, 5) is 54.5. The second kappa shape index (κ2) is 30.7. The summed E-state index contributed by atoms with van der Waals surface area (Å²) in [6, 6.07) is 12.6. The zero-order valence-corrected chi connectivity index (χ0v) is 39.9. The number of aliphatic hydroxyl groups excluding tert-OH is 2. The van der Waals surface area contributed by atoms with Gasteiger partial charge in [-0.1, -0.05) is 51.8 Å². The Kier molecular flexibility index (Phi) is 25.9. The Morgan fingerprint density at radius 2 is 1.04 bits per heavy atom. The Hall–Kier alpha value is -4.77. The van der Waals surface area contributed by atoms with E-state index in [0.29, 0.717) is 5.02 Å². The number of hydrogen-bond donors (Lipinski definition) is 10. The Bertz CT molecular complexity index is 1780. The van der Waals surface area contributed by atoms with Gasteiger partial charge in [-0.15, -0.1) is 0 Å². The fourth-order valence-corrected chi connectivity index (χ4v) is 6.99. The first kappa shape index (κ1) is 57.5. The Balaban J connectivity index is 0.000000360. The second-order valence-electron chi connectivity index (χ2n) is 14.9. The number of hydrogen-bond acceptors (Lipinski definition) is 16. The van der Waals surface area contributed by atoms with Gasteiger partial charge in [0.05, 0.1) is 39.5 Å². The van der Waals surface area contributed by atoms with E-state index in [1.165, 1.54) is 0 Å². The summed E-state index contributed by atoms with van der Waals surface area (Å²) >= 11 is 9.25. The van der Waals surface area contributed by atoms with Crippen LogP contribution in [-0.2, 0) is 70.3 Å². The van der Waals surface area contributed by atoms with E-state index in [-0.39, 0.29) is 77.5 Å². The van der Waals surface area contributed by atoms with Crippen molar-refractivity contribution < 1.29 is 77.5 Å². The number of halogens is 2. The molecule has 24 nitrogen and oxygen atoms in total. The smallest absolute Gasteiger partial charge is 0.329 e. The van der Waals surface area contributed by atoms with E-state index in [1.54, 1.807) is 38.1 Å². The lowest BCUT2D eigenvalue weighted by Gasteiger charge is -2.44. The number of amides is 2. The number of aliphatic hydroxyl groups is 2. The molecule has 10 atom stereocenters. The highest BCUT2D eigenvalue weighted by Gasteiger charge is 2.49. The summed E-state index contributed by atoms with van der Waals surface area (Å²) in [5.74, 6) is -3.68. The first-order chi connectivity index (χ1) is 32.4. The Labute approximate surface area is 406 Å². The van der Waals surface area contributed by atoms with Crippen molar-refractivity contribution in [2.24, 2.45) is 32.9 Å². The summed E-state index contributed by atoms with van der Waals surface area (Å²) in [7, 11) is 0. The van der Waals surface area contributed by atoms with Crippen LogP contribution in [0.3, 0.4) is 0 Å². The zero-order chi connectivity index (χ0) is 50.2. The molecular weight excluding hydrogens is 988 g/mol. The van der Waals surface area contributed by atoms with E-state index in [4.69, 9.17) is 82.6 Å².